The van der Waals surface area contributed by atoms with Gasteiger partial charge in [0, 0.05) is 13.1 Å². The molecular weight excluding hydrogens is 272 g/mol. The predicted octanol–water partition coefficient (Wildman–Crippen LogP) is 2.34. The predicted molar refractivity (Wildman–Crippen MR) is 73.0 cm³/mol. The molecule has 100 valence electrons. The van der Waals surface area contributed by atoms with Gasteiger partial charge in [0.2, 0.25) is 10.0 Å². The number of sulfonamides is 1. The quantitative estimate of drug-likeness (QED) is 0.868. The van der Waals surface area contributed by atoms with Crippen molar-refractivity contribution in [3.05, 3.63) is 23.2 Å². The topological polar surface area (TPSA) is 63.4 Å². The van der Waals surface area contributed by atoms with Crippen molar-refractivity contribution in [3.63, 3.8) is 0 Å². The van der Waals surface area contributed by atoms with Crippen molar-refractivity contribution in [2.75, 3.05) is 18.8 Å². The average Bonchev–Trinajstić information content (AvgIpc) is 2.81. The SMILES string of the molecule is CCC1CCN(S(=O)(=O)c2ccc(Cl)c(N)c2)C1. The summed E-state index contributed by atoms with van der Waals surface area (Å²) in [7, 11) is -3.43. The molecule has 1 aliphatic rings. The second-order valence-corrected chi connectivity index (χ2v) is 6.95. The Morgan fingerprint density at radius 1 is 1.50 bits per heavy atom. The zero-order valence-electron chi connectivity index (χ0n) is 10.3. The van der Waals surface area contributed by atoms with Gasteiger partial charge in [-0.05, 0) is 30.5 Å². The Kier molecular flexibility index (Phi) is 3.84. The van der Waals surface area contributed by atoms with Crippen LogP contribution in [-0.2, 0) is 10.0 Å². The van der Waals surface area contributed by atoms with Crippen LogP contribution in [0.1, 0.15) is 19.8 Å². The largest absolute Gasteiger partial charge is 0.397 e. The van der Waals surface area contributed by atoms with Gasteiger partial charge >= 0.3 is 0 Å². The second kappa shape index (κ2) is 5.07. The summed E-state index contributed by atoms with van der Waals surface area (Å²) < 4.78 is 26.3. The highest BCUT2D eigenvalue weighted by Crippen LogP contribution is 2.28. The van der Waals surface area contributed by atoms with E-state index in [2.05, 4.69) is 6.92 Å². The summed E-state index contributed by atoms with van der Waals surface area (Å²) in [5, 5.41) is 0.377. The van der Waals surface area contributed by atoms with E-state index in [1.165, 1.54) is 22.5 Å². The zero-order valence-corrected chi connectivity index (χ0v) is 11.8. The molecule has 4 nitrogen and oxygen atoms in total. The van der Waals surface area contributed by atoms with Crippen LogP contribution in [0, 0.1) is 5.92 Å². The van der Waals surface area contributed by atoms with Crippen LogP contribution in [0.2, 0.25) is 5.02 Å². The van der Waals surface area contributed by atoms with Crippen molar-refractivity contribution in [1.82, 2.24) is 4.31 Å². The standard InChI is InChI=1S/C12H17ClN2O2S/c1-2-9-5-6-15(8-9)18(16,17)10-3-4-11(13)12(14)7-10/h3-4,7,9H,2,5-6,8,14H2,1H3. The summed E-state index contributed by atoms with van der Waals surface area (Å²) in [6, 6.07) is 4.46. The van der Waals surface area contributed by atoms with Crippen molar-refractivity contribution in [3.8, 4) is 0 Å². The molecule has 1 aliphatic heterocycles. The highest BCUT2D eigenvalue weighted by molar-refractivity contribution is 7.89. The van der Waals surface area contributed by atoms with Crippen LogP contribution in [0.4, 0.5) is 5.69 Å². The summed E-state index contributed by atoms with van der Waals surface area (Å²) in [6.45, 7) is 3.27. The molecule has 0 bridgehead atoms. The molecule has 1 saturated heterocycles. The molecule has 1 unspecified atom stereocenters. The molecule has 2 N–H and O–H groups in total. The molecule has 0 amide bonds. The maximum Gasteiger partial charge on any atom is 0.243 e. The van der Waals surface area contributed by atoms with E-state index in [4.69, 9.17) is 17.3 Å². The molecule has 2 rings (SSSR count). The maximum atomic E-state index is 12.4. The molecule has 0 radical (unpaired) electrons. The first-order valence-corrected chi connectivity index (χ1v) is 7.82. The number of benzene rings is 1. The Labute approximate surface area is 113 Å². The number of halogens is 1. The van der Waals surface area contributed by atoms with Gasteiger partial charge in [0.05, 0.1) is 15.6 Å². The van der Waals surface area contributed by atoms with Crippen LogP contribution in [0.3, 0.4) is 0 Å². The molecule has 1 atom stereocenters. The molecular formula is C12H17ClN2O2S. The first-order chi connectivity index (χ1) is 8.45. The van der Waals surface area contributed by atoms with Gasteiger partial charge in [-0.1, -0.05) is 24.9 Å². The van der Waals surface area contributed by atoms with Crippen LogP contribution in [0.25, 0.3) is 0 Å². The summed E-state index contributed by atoms with van der Waals surface area (Å²) in [6.07, 6.45) is 1.94. The van der Waals surface area contributed by atoms with E-state index >= 15 is 0 Å². The molecule has 1 aromatic carbocycles. The van der Waals surface area contributed by atoms with Crippen LogP contribution in [0.15, 0.2) is 23.1 Å². The van der Waals surface area contributed by atoms with E-state index in [0.29, 0.717) is 29.7 Å². The molecule has 1 fully saturated rings. The van der Waals surface area contributed by atoms with Crippen molar-refractivity contribution in [1.29, 1.82) is 0 Å². The maximum absolute atomic E-state index is 12.4. The molecule has 0 saturated carbocycles. The number of nitrogens with zero attached hydrogens (tertiary/aromatic N) is 1. The van der Waals surface area contributed by atoms with Gasteiger partial charge in [-0.2, -0.15) is 4.31 Å². The van der Waals surface area contributed by atoms with Crippen LogP contribution in [-0.4, -0.2) is 25.8 Å². The Bertz CT molecular complexity index is 545. The summed E-state index contributed by atoms with van der Waals surface area (Å²) in [5.74, 6) is 0.462. The lowest BCUT2D eigenvalue weighted by Crippen LogP contribution is -2.28. The number of anilines is 1. The Hall–Kier alpha value is -0.780. The molecule has 0 aromatic heterocycles. The van der Waals surface area contributed by atoms with Gasteiger partial charge in [0.25, 0.3) is 0 Å². The molecule has 0 aliphatic carbocycles. The smallest absolute Gasteiger partial charge is 0.243 e. The van der Waals surface area contributed by atoms with Crippen molar-refractivity contribution < 1.29 is 8.42 Å². The normalized spacial score (nSPS) is 21.3. The highest BCUT2D eigenvalue weighted by atomic mass is 35.5. The Morgan fingerprint density at radius 2 is 2.22 bits per heavy atom. The van der Waals surface area contributed by atoms with Crippen LogP contribution >= 0.6 is 11.6 Å². The van der Waals surface area contributed by atoms with Crippen molar-refractivity contribution in [2.45, 2.75) is 24.7 Å². The van der Waals surface area contributed by atoms with E-state index < -0.39 is 10.0 Å². The summed E-state index contributed by atoms with van der Waals surface area (Å²) in [5.41, 5.74) is 5.95. The molecule has 18 heavy (non-hydrogen) atoms. The number of nitrogen functional groups attached to an aromatic ring is 1. The van der Waals surface area contributed by atoms with Gasteiger partial charge in [-0.15, -0.1) is 0 Å². The summed E-state index contributed by atoms with van der Waals surface area (Å²) >= 11 is 5.80. The Balaban J connectivity index is 2.28. The third-order valence-electron chi connectivity index (χ3n) is 3.43. The third-order valence-corrected chi connectivity index (χ3v) is 5.64. The van der Waals surface area contributed by atoms with Gasteiger partial charge in [0.15, 0.2) is 0 Å². The second-order valence-electron chi connectivity index (χ2n) is 4.61. The molecule has 0 spiro atoms. The minimum absolute atomic E-state index is 0.223. The number of hydrogen-bond donors (Lipinski definition) is 1. The number of hydrogen-bond acceptors (Lipinski definition) is 3. The first-order valence-electron chi connectivity index (χ1n) is 6.00. The van der Waals surface area contributed by atoms with Crippen molar-refractivity contribution in [2.24, 2.45) is 5.92 Å². The fourth-order valence-electron chi connectivity index (χ4n) is 2.18. The Morgan fingerprint density at radius 3 is 2.78 bits per heavy atom. The fourth-order valence-corrected chi connectivity index (χ4v) is 3.86. The van der Waals surface area contributed by atoms with Gasteiger partial charge in [0.1, 0.15) is 0 Å². The fraction of sp³-hybridized carbons (Fsp3) is 0.500. The van der Waals surface area contributed by atoms with Gasteiger partial charge in [-0.25, -0.2) is 8.42 Å². The van der Waals surface area contributed by atoms with Crippen LogP contribution < -0.4 is 5.73 Å². The zero-order chi connectivity index (χ0) is 13.3. The molecule has 1 aromatic rings. The summed E-state index contributed by atoms with van der Waals surface area (Å²) in [4.78, 5) is 0.223. The van der Waals surface area contributed by atoms with E-state index in [1.807, 2.05) is 0 Å². The van der Waals surface area contributed by atoms with E-state index in [-0.39, 0.29) is 4.90 Å². The third kappa shape index (κ3) is 2.48. The lowest BCUT2D eigenvalue weighted by atomic mass is 10.1. The minimum atomic E-state index is -3.43. The van der Waals surface area contributed by atoms with E-state index in [0.717, 1.165) is 12.8 Å². The lowest BCUT2D eigenvalue weighted by Gasteiger charge is -2.16. The monoisotopic (exact) mass is 288 g/mol. The van der Waals surface area contributed by atoms with Gasteiger partial charge in [-0.3, -0.25) is 0 Å². The first kappa shape index (κ1) is 13.6. The lowest BCUT2D eigenvalue weighted by molar-refractivity contribution is 0.453. The van der Waals surface area contributed by atoms with E-state index in [1.54, 1.807) is 0 Å². The highest BCUT2D eigenvalue weighted by Gasteiger charge is 2.31. The average molecular weight is 289 g/mol. The molecule has 1 heterocycles. The van der Waals surface area contributed by atoms with Crippen molar-refractivity contribution >= 4 is 27.3 Å². The number of nitrogens with two attached hydrogens (primary N) is 1. The van der Waals surface area contributed by atoms with Crippen LogP contribution in [0.5, 0.6) is 0 Å². The minimum Gasteiger partial charge on any atom is -0.397 e. The number of rotatable bonds is 3. The molecule has 6 heteroatoms. The van der Waals surface area contributed by atoms with Gasteiger partial charge < -0.3 is 5.73 Å². The van der Waals surface area contributed by atoms with E-state index in [9.17, 15) is 8.42 Å².